The van der Waals surface area contributed by atoms with Crippen LogP contribution in [0, 0.1) is 5.92 Å². The van der Waals surface area contributed by atoms with Gasteiger partial charge in [0.1, 0.15) is 12.4 Å². The van der Waals surface area contributed by atoms with Gasteiger partial charge < -0.3 is 15.0 Å². The van der Waals surface area contributed by atoms with Gasteiger partial charge >= 0.3 is 0 Å². The van der Waals surface area contributed by atoms with Gasteiger partial charge in [-0.2, -0.15) is 0 Å². The molecular weight excluding hydrogens is 326 g/mol. The zero-order chi connectivity index (χ0) is 17.4. The number of halogens is 1. The summed E-state index contributed by atoms with van der Waals surface area (Å²) in [4.78, 5) is 16.7. The molecule has 1 fully saturated rings. The lowest BCUT2D eigenvalue weighted by Gasteiger charge is -2.35. The Morgan fingerprint density at radius 1 is 1.25 bits per heavy atom. The van der Waals surface area contributed by atoms with Crippen molar-refractivity contribution in [2.45, 2.75) is 13.8 Å². The molecule has 1 aliphatic heterocycles. The van der Waals surface area contributed by atoms with Gasteiger partial charge in [-0.05, 0) is 24.1 Å². The Morgan fingerprint density at radius 3 is 2.62 bits per heavy atom. The molecule has 1 aromatic rings. The Balaban J connectivity index is 1.57. The van der Waals surface area contributed by atoms with Gasteiger partial charge in [0, 0.05) is 37.7 Å². The second-order valence-electron chi connectivity index (χ2n) is 6.63. The number of nitrogens with zero attached hydrogens (tertiary/aromatic N) is 2. The molecule has 0 bridgehead atoms. The monoisotopic (exact) mass is 353 g/mol. The molecule has 5 nitrogen and oxygen atoms in total. The summed E-state index contributed by atoms with van der Waals surface area (Å²) in [5, 5.41) is 3.55. The average Bonchev–Trinajstić information content (AvgIpc) is 2.53. The highest BCUT2D eigenvalue weighted by atomic mass is 35.5. The standard InChI is InChI=1S/C18H28ClN3O2/c1-15(2)13-21-7-9-22(10-8-21)14-18(23)20-6-11-24-17-5-3-4-16(19)12-17/h3-5,12,15H,6-11,13-14H2,1-2H3,(H,20,23). The third-order valence-electron chi connectivity index (χ3n) is 3.94. The zero-order valence-corrected chi connectivity index (χ0v) is 15.4. The Labute approximate surface area is 149 Å². The fraction of sp³-hybridized carbons (Fsp3) is 0.611. The maximum absolute atomic E-state index is 12.0. The number of ether oxygens (including phenoxy) is 1. The van der Waals surface area contributed by atoms with Crippen molar-refractivity contribution in [1.82, 2.24) is 15.1 Å². The normalized spacial score (nSPS) is 16.3. The van der Waals surface area contributed by atoms with Crippen LogP contribution in [0.15, 0.2) is 24.3 Å². The van der Waals surface area contributed by atoms with E-state index < -0.39 is 0 Å². The summed E-state index contributed by atoms with van der Waals surface area (Å²) < 4.78 is 5.56. The van der Waals surface area contributed by atoms with E-state index in [0.29, 0.717) is 30.6 Å². The maximum Gasteiger partial charge on any atom is 0.234 e. The maximum atomic E-state index is 12.0. The van der Waals surface area contributed by atoms with E-state index in [1.165, 1.54) is 0 Å². The second kappa shape index (κ2) is 9.87. The van der Waals surface area contributed by atoms with E-state index in [0.717, 1.165) is 38.5 Å². The van der Waals surface area contributed by atoms with Crippen molar-refractivity contribution < 1.29 is 9.53 Å². The average molecular weight is 354 g/mol. The Bertz CT molecular complexity index is 517. The van der Waals surface area contributed by atoms with Crippen molar-refractivity contribution in [3.05, 3.63) is 29.3 Å². The highest BCUT2D eigenvalue weighted by Crippen LogP contribution is 2.16. The van der Waals surface area contributed by atoms with Gasteiger partial charge in [-0.3, -0.25) is 9.69 Å². The van der Waals surface area contributed by atoms with E-state index in [-0.39, 0.29) is 5.91 Å². The quantitative estimate of drug-likeness (QED) is 0.727. The van der Waals surface area contributed by atoms with Crippen LogP contribution in [0.1, 0.15) is 13.8 Å². The van der Waals surface area contributed by atoms with Crippen LogP contribution >= 0.6 is 11.6 Å². The lowest BCUT2D eigenvalue weighted by atomic mass is 10.2. The predicted molar refractivity (Wildman–Crippen MR) is 97.7 cm³/mol. The summed E-state index contributed by atoms with van der Waals surface area (Å²) in [6, 6.07) is 7.26. The van der Waals surface area contributed by atoms with Gasteiger partial charge in [-0.15, -0.1) is 0 Å². The molecule has 134 valence electrons. The second-order valence-corrected chi connectivity index (χ2v) is 7.06. The van der Waals surface area contributed by atoms with Crippen LogP contribution in [-0.4, -0.2) is 68.1 Å². The summed E-state index contributed by atoms with van der Waals surface area (Å²) in [6.45, 7) is 11.0. The number of carbonyl (C=O) groups is 1. The van der Waals surface area contributed by atoms with Crippen molar-refractivity contribution in [3.8, 4) is 5.75 Å². The fourth-order valence-electron chi connectivity index (χ4n) is 2.82. The Kier molecular flexibility index (Phi) is 7.82. The van der Waals surface area contributed by atoms with Crippen LogP contribution in [0.3, 0.4) is 0 Å². The van der Waals surface area contributed by atoms with Crippen LogP contribution < -0.4 is 10.1 Å². The third-order valence-corrected chi connectivity index (χ3v) is 4.18. The minimum Gasteiger partial charge on any atom is -0.492 e. The van der Waals surface area contributed by atoms with Gasteiger partial charge in [-0.25, -0.2) is 0 Å². The van der Waals surface area contributed by atoms with E-state index in [4.69, 9.17) is 16.3 Å². The highest BCUT2D eigenvalue weighted by Gasteiger charge is 2.19. The first-order valence-electron chi connectivity index (χ1n) is 8.62. The Hall–Kier alpha value is -1.30. The minimum atomic E-state index is 0.0574. The van der Waals surface area contributed by atoms with E-state index >= 15 is 0 Å². The van der Waals surface area contributed by atoms with Gasteiger partial charge in [0.15, 0.2) is 0 Å². The molecule has 1 saturated heterocycles. The number of rotatable bonds is 8. The van der Waals surface area contributed by atoms with Crippen LogP contribution in [0.5, 0.6) is 5.75 Å². The number of hydrogen-bond acceptors (Lipinski definition) is 4. The van der Waals surface area contributed by atoms with E-state index in [9.17, 15) is 4.79 Å². The minimum absolute atomic E-state index is 0.0574. The molecule has 1 amide bonds. The summed E-state index contributed by atoms with van der Waals surface area (Å²) in [7, 11) is 0. The van der Waals surface area contributed by atoms with Gasteiger partial charge in [0.2, 0.25) is 5.91 Å². The summed E-state index contributed by atoms with van der Waals surface area (Å²) in [6.07, 6.45) is 0. The molecule has 0 aliphatic carbocycles. The van der Waals surface area contributed by atoms with E-state index in [2.05, 4.69) is 29.0 Å². The van der Waals surface area contributed by atoms with Crippen LogP contribution in [0.4, 0.5) is 0 Å². The number of carbonyl (C=O) groups excluding carboxylic acids is 1. The fourth-order valence-corrected chi connectivity index (χ4v) is 3.00. The lowest BCUT2D eigenvalue weighted by molar-refractivity contribution is -0.122. The largest absolute Gasteiger partial charge is 0.492 e. The molecule has 1 heterocycles. The van der Waals surface area contributed by atoms with Crippen molar-refractivity contribution >= 4 is 17.5 Å². The predicted octanol–water partition coefficient (Wildman–Crippen LogP) is 2.11. The number of hydrogen-bond donors (Lipinski definition) is 1. The van der Waals surface area contributed by atoms with Crippen LogP contribution in [0.2, 0.25) is 5.02 Å². The molecule has 0 radical (unpaired) electrons. The molecule has 1 N–H and O–H groups in total. The lowest BCUT2D eigenvalue weighted by Crippen LogP contribution is -2.50. The summed E-state index contributed by atoms with van der Waals surface area (Å²) >= 11 is 5.90. The number of piperazine rings is 1. The first-order valence-corrected chi connectivity index (χ1v) is 9.00. The van der Waals surface area contributed by atoms with Crippen molar-refractivity contribution in [1.29, 1.82) is 0 Å². The number of nitrogens with one attached hydrogen (secondary N) is 1. The van der Waals surface area contributed by atoms with Gasteiger partial charge in [-0.1, -0.05) is 31.5 Å². The zero-order valence-electron chi connectivity index (χ0n) is 14.6. The Morgan fingerprint density at radius 2 is 1.96 bits per heavy atom. The first kappa shape index (κ1) is 19.0. The van der Waals surface area contributed by atoms with E-state index in [1.54, 1.807) is 12.1 Å². The third kappa shape index (κ3) is 7.07. The van der Waals surface area contributed by atoms with Crippen molar-refractivity contribution in [2.75, 3.05) is 52.4 Å². The number of amides is 1. The molecule has 1 aliphatic rings. The highest BCUT2D eigenvalue weighted by molar-refractivity contribution is 6.30. The van der Waals surface area contributed by atoms with Crippen molar-refractivity contribution in [2.24, 2.45) is 5.92 Å². The van der Waals surface area contributed by atoms with Gasteiger partial charge in [0.05, 0.1) is 13.1 Å². The molecule has 6 heteroatoms. The topological polar surface area (TPSA) is 44.8 Å². The molecule has 0 saturated carbocycles. The van der Waals surface area contributed by atoms with E-state index in [1.807, 2.05) is 12.1 Å². The SMILES string of the molecule is CC(C)CN1CCN(CC(=O)NCCOc2cccc(Cl)c2)CC1. The molecule has 0 atom stereocenters. The molecule has 0 unspecified atom stereocenters. The van der Waals surface area contributed by atoms with Crippen LogP contribution in [-0.2, 0) is 4.79 Å². The molecule has 1 aromatic carbocycles. The molecular formula is C18H28ClN3O2. The molecule has 24 heavy (non-hydrogen) atoms. The summed E-state index contributed by atoms with van der Waals surface area (Å²) in [5.41, 5.74) is 0. The molecule has 2 rings (SSSR count). The van der Waals surface area contributed by atoms with Crippen molar-refractivity contribution in [3.63, 3.8) is 0 Å². The van der Waals surface area contributed by atoms with Gasteiger partial charge in [0.25, 0.3) is 0 Å². The smallest absolute Gasteiger partial charge is 0.234 e. The first-order chi connectivity index (χ1) is 11.5. The molecule has 0 spiro atoms. The van der Waals surface area contributed by atoms with Crippen LogP contribution in [0.25, 0.3) is 0 Å². The summed E-state index contributed by atoms with van der Waals surface area (Å²) in [5.74, 6) is 1.47. The number of benzene rings is 1. The molecule has 0 aromatic heterocycles.